The summed E-state index contributed by atoms with van der Waals surface area (Å²) in [4.78, 5) is 0. The van der Waals surface area contributed by atoms with Crippen molar-refractivity contribution in [2.24, 2.45) is 0 Å². The molecule has 3 nitrogen and oxygen atoms in total. The van der Waals surface area contributed by atoms with Crippen molar-refractivity contribution in [1.29, 1.82) is 0 Å². The maximum atomic E-state index is 5.77. The van der Waals surface area contributed by atoms with Gasteiger partial charge in [0, 0.05) is 5.56 Å². The molecule has 96 valence electrons. The summed E-state index contributed by atoms with van der Waals surface area (Å²) in [7, 11) is 1.66. The van der Waals surface area contributed by atoms with Crippen molar-refractivity contribution in [3.63, 3.8) is 0 Å². The van der Waals surface area contributed by atoms with Crippen molar-refractivity contribution in [3.8, 4) is 11.5 Å². The molecule has 0 atom stereocenters. The highest BCUT2D eigenvalue weighted by Gasteiger charge is 2.11. The van der Waals surface area contributed by atoms with Gasteiger partial charge in [0.15, 0.2) is 11.5 Å². The Bertz CT molecular complexity index is 356. The summed E-state index contributed by atoms with van der Waals surface area (Å²) < 4.78 is 12.0. The summed E-state index contributed by atoms with van der Waals surface area (Å²) in [5.74, 6) is 1.57. The second-order valence-electron chi connectivity index (χ2n) is 3.91. The van der Waals surface area contributed by atoms with Gasteiger partial charge in [0.25, 0.3) is 0 Å². The smallest absolute Gasteiger partial charge is 0.175 e. The number of benzene rings is 1. The van der Waals surface area contributed by atoms with E-state index >= 15 is 0 Å². The average molecular weight is 303 g/mol. The van der Waals surface area contributed by atoms with Crippen molar-refractivity contribution in [2.45, 2.75) is 32.7 Å². The molecule has 0 bridgehead atoms. The van der Waals surface area contributed by atoms with Crippen LogP contribution in [-0.4, -0.2) is 13.7 Å². The first-order valence-corrected chi connectivity index (χ1v) is 6.80. The summed E-state index contributed by atoms with van der Waals surface area (Å²) in [6.45, 7) is 3.65. The van der Waals surface area contributed by atoms with E-state index in [0.717, 1.165) is 41.1 Å². The van der Waals surface area contributed by atoms with E-state index in [0.29, 0.717) is 0 Å². The Morgan fingerprint density at radius 2 is 2.06 bits per heavy atom. The van der Waals surface area contributed by atoms with Crippen LogP contribution in [0.5, 0.6) is 11.5 Å². The molecule has 0 spiro atoms. The Labute approximate surface area is 111 Å². The van der Waals surface area contributed by atoms with Crippen molar-refractivity contribution in [1.82, 2.24) is 0 Å². The van der Waals surface area contributed by atoms with Crippen LogP contribution in [0.15, 0.2) is 16.6 Å². The van der Waals surface area contributed by atoms with E-state index in [1.807, 2.05) is 12.1 Å². The van der Waals surface area contributed by atoms with Gasteiger partial charge in [-0.2, -0.15) is 0 Å². The summed E-state index contributed by atoms with van der Waals surface area (Å²) >= 11 is 3.52. The van der Waals surface area contributed by atoms with Gasteiger partial charge in [0.1, 0.15) is 0 Å². The standard InChI is InChI=1S/C13H20BrNO2/c1-3-4-5-6-17-13-11(14)7-10(9-15)8-12(13)16-2/h7-8H,3-6,9,15H2,1-2H3/p+1. The van der Waals surface area contributed by atoms with Crippen LogP contribution in [0.3, 0.4) is 0 Å². The summed E-state index contributed by atoms with van der Waals surface area (Å²) in [5, 5.41) is 0. The van der Waals surface area contributed by atoms with Gasteiger partial charge in [0.05, 0.1) is 24.7 Å². The molecule has 1 aromatic carbocycles. The molecule has 0 amide bonds. The third-order valence-electron chi connectivity index (χ3n) is 2.57. The number of halogens is 1. The highest BCUT2D eigenvalue weighted by atomic mass is 79.9. The minimum atomic E-state index is 0.729. The molecule has 0 aliphatic heterocycles. The van der Waals surface area contributed by atoms with Gasteiger partial charge in [-0.05, 0) is 34.5 Å². The van der Waals surface area contributed by atoms with E-state index in [-0.39, 0.29) is 0 Å². The van der Waals surface area contributed by atoms with Crippen LogP contribution in [0, 0.1) is 0 Å². The Balaban J connectivity index is 2.75. The van der Waals surface area contributed by atoms with Crippen molar-refractivity contribution < 1.29 is 15.2 Å². The third-order valence-corrected chi connectivity index (χ3v) is 3.16. The zero-order chi connectivity index (χ0) is 12.7. The minimum Gasteiger partial charge on any atom is -0.493 e. The van der Waals surface area contributed by atoms with Crippen LogP contribution in [0.4, 0.5) is 0 Å². The number of unbranched alkanes of at least 4 members (excludes halogenated alkanes) is 2. The largest absolute Gasteiger partial charge is 0.493 e. The van der Waals surface area contributed by atoms with Crippen LogP contribution in [0.1, 0.15) is 31.7 Å². The van der Waals surface area contributed by atoms with E-state index in [1.165, 1.54) is 12.8 Å². The maximum Gasteiger partial charge on any atom is 0.175 e. The normalized spacial score (nSPS) is 10.4. The zero-order valence-electron chi connectivity index (χ0n) is 10.6. The van der Waals surface area contributed by atoms with Gasteiger partial charge in [0.2, 0.25) is 0 Å². The molecule has 0 aliphatic rings. The van der Waals surface area contributed by atoms with Crippen molar-refractivity contribution >= 4 is 15.9 Å². The molecule has 0 aliphatic carbocycles. The molecule has 1 rings (SSSR count). The molecule has 3 N–H and O–H groups in total. The first-order chi connectivity index (χ1) is 8.22. The molecule has 17 heavy (non-hydrogen) atoms. The third kappa shape index (κ3) is 4.21. The molecular weight excluding hydrogens is 282 g/mol. The summed E-state index contributed by atoms with van der Waals surface area (Å²) in [6, 6.07) is 4.01. The lowest BCUT2D eigenvalue weighted by Gasteiger charge is -2.13. The summed E-state index contributed by atoms with van der Waals surface area (Å²) in [5.41, 5.74) is 5.01. The summed E-state index contributed by atoms with van der Waals surface area (Å²) in [6.07, 6.45) is 3.46. The van der Waals surface area contributed by atoms with Gasteiger partial charge in [-0.1, -0.05) is 19.8 Å². The Kier molecular flexibility index (Phi) is 6.37. The predicted octanol–water partition coefficient (Wildman–Crippen LogP) is 2.77. The molecular formula is C13H21BrNO2+. The maximum absolute atomic E-state index is 5.77. The SMILES string of the molecule is CCCCCOc1c(Br)cc(C[NH3+])cc1OC. The zero-order valence-corrected chi connectivity index (χ0v) is 12.2. The fraction of sp³-hybridized carbons (Fsp3) is 0.538. The monoisotopic (exact) mass is 302 g/mol. The fourth-order valence-electron chi connectivity index (χ4n) is 1.58. The first-order valence-electron chi connectivity index (χ1n) is 6.01. The lowest BCUT2D eigenvalue weighted by Crippen LogP contribution is -2.47. The number of methoxy groups -OCH3 is 1. The van der Waals surface area contributed by atoms with Crippen LogP contribution < -0.4 is 15.2 Å². The molecule has 0 saturated heterocycles. The van der Waals surface area contributed by atoms with Gasteiger partial charge in [-0.3, -0.25) is 0 Å². The number of quaternary nitrogens is 1. The number of ether oxygens (including phenoxy) is 2. The average Bonchev–Trinajstić information content (AvgIpc) is 2.35. The van der Waals surface area contributed by atoms with E-state index in [1.54, 1.807) is 7.11 Å². The molecule has 0 radical (unpaired) electrons. The highest BCUT2D eigenvalue weighted by molar-refractivity contribution is 9.10. The van der Waals surface area contributed by atoms with E-state index in [2.05, 4.69) is 28.6 Å². The predicted molar refractivity (Wildman–Crippen MR) is 72.3 cm³/mol. The fourth-order valence-corrected chi connectivity index (χ4v) is 2.19. The molecule has 4 heteroatoms. The molecule has 0 aromatic heterocycles. The van der Waals surface area contributed by atoms with Crippen LogP contribution in [0.25, 0.3) is 0 Å². The second-order valence-corrected chi connectivity index (χ2v) is 4.77. The Morgan fingerprint density at radius 1 is 1.29 bits per heavy atom. The molecule has 1 aromatic rings. The lowest BCUT2D eigenvalue weighted by molar-refractivity contribution is -0.386. The lowest BCUT2D eigenvalue weighted by atomic mass is 10.2. The van der Waals surface area contributed by atoms with Crippen LogP contribution >= 0.6 is 15.9 Å². The van der Waals surface area contributed by atoms with Crippen LogP contribution in [0.2, 0.25) is 0 Å². The van der Waals surface area contributed by atoms with Crippen molar-refractivity contribution in [3.05, 3.63) is 22.2 Å². The highest BCUT2D eigenvalue weighted by Crippen LogP contribution is 2.36. The number of rotatable bonds is 7. The van der Waals surface area contributed by atoms with E-state index in [4.69, 9.17) is 9.47 Å². The number of hydrogen-bond acceptors (Lipinski definition) is 2. The minimum absolute atomic E-state index is 0.729. The van der Waals surface area contributed by atoms with Gasteiger partial charge < -0.3 is 15.2 Å². The Hall–Kier alpha value is -0.740. The quantitative estimate of drug-likeness (QED) is 0.787. The molecule has 0 saturated carbocycles. The molecule has 0 fully saturated rings. The Morgan fingerprint density at radius 3 is 2.65 bits per heavy atom. The van der Waals surface area contributed by atoms with Gasteiger partial charge >= 0.3 is 0 Å². The van der Waals surface area contributed by atoms with E-state index < -0.39 is 0 Å². The molecule has 0 heterocycles. The second kappa shape index (κ2) is 7.56. The van der Waals surface area contributed by atoms with Gasteiger partial charge in [-0.15, -0.1) is 0 Å². The van der Waals surface area contributed by atoms with Gasteiger partial charge in [-0.25, -0.2) is 0 Å². The number of hydrogen-bond donors (Lipinski definition) is 1. The first kappa shape index (κ1) is 14.3. The molecule has 0 unspecified atom stereocenters. The van der Waals surface area contributed by atoms with E-state index in [9.17, 15) is 0 Å². The van der Waals surface area contributed by atoms with Crippen molar-refractivity contribution in [2.75, 3.05) is 13.7 Å². The van der Waals surface area contributed by atoms with Crippen LogP contribution in [-0.2, 0) is 6.54 Å². The topological polar surface area (TPSA) is 46.1 Å².